The minimum Gasteiger partial charge on any atom is -0.741 e. The van der Waals surface area contributed by atoms with E-state index in [0.29, 0.717) is 5.17 Å². The Morgan fingerprint density at radius 1 is 1.24 bits per heavy atom. The fourth-order valence-electron chi connectivity index (χ4n) is 2.73. The van der Waals surface area contributed by atoms with Crippen molar-refractivity contribution in [3.63, 3.8) is 0 Å². The number of hydrogen-bond donors (Lipinski definition) is 0. The zero-order valence-corrected chi connectivity index (χ0v) is 16.4. The summed E-state index contributed by atoms with van der Waals surface area (Å²) in [6.45, 7) is 6.50. The topological polar surface area (TPSA) is 53.3 Å². The van der Waals surface area contributed by atoms with Crippen LogP contribution < -0.4 is 0 Å². The van der Waals surface area contributed by atoms with Crippen LogP contribution in [0.25, 0.3) is 0 Å². The number of nitrogens with zero attached hydrogens (tertiary/aromatic N) is 5. The van der Waals surface area contributed by atoms with Gasteiger partial charge in [0.25, 0.3) is 0 Å². The fraction of sp³-hybridized carbons (Fsp3) is 0.562. The van der Waals surface area contributed by atoms with E-state index in [-0.39, 0.29) is 0 Å². The molecule has 2 saturated heterocycles. The number of pyridine rings is 1. The van der Waals surface area contributed by atoms with Crippen LogP contribution in [0.5, 0.6) is 0 Å². The molecule has 3 heterocycles. The van der Waals surface area contributed by atoms with Crippen LogP contribution in [0.15, 0.2) is 28.5 Å². The number of aromatic nitrogens is 1. The summed E-state index contributed by atoms with van der Waals surface area (Å²) in [7, 11) is 4.20. The molecule has 0 saturated carbocycles. The molecule has 6 nitrogen and oxygen atoms in total. The van der Waals surface area contributed by atoms with Crippen LogP contribution in [-0.2, 0) is 39.0 Å². The molecule has 1 aromatic heterocycles. The zero-order chi connectivity index (χ0) is 17.9. The molecule has 141 valence electrons. The molecule has 2 aliphatic heterocycles. The maximum absolute atomic E-state index is 5.36. The Morgan fingerprint density at radius 3 is 2.60 bits per heavy atom. The summed E-state index contributed by atoms with van der Waals surface area (Å²) in [6, 6.07) is 4.05. The van der Waals surface area contributed by atoms with Crippen LogP contribution in [0.2, 0.25) is 0 Å². The van der Waals surface area contributed by atoms with Crippen molar-refractivity contribution in [1.82, 2.24) is 14.8 Å². The van der Waals surface area contributed by atoms with Gasteiger partial charge in [0, 0.05) is 44.1 Å². The van der Waals surface area contributed by atoms with E-state index in [4.69, 9.17) is 17.4 Å². The predicted molar refractivity (Wildman–Crippen MR) is 99.4 cm³/mol. The van der Waals surface area contributed by atoms with E-state index in [9.17, 15) is 0 Å². The van der Waals surface area contributed by atoms with Gasteiger partial charge in [-0.05, 0) is 24.5 Å². The van der Waals surface area contributed by atoms with Crippen molar-refractivity contribution in [1.29, 1.82) is 0 Å². The molecule has 0 aromatic carbocycles. The number of ether oxygens (including phenoxy) is 1. The Labute approximate surface area is 167 Å². The largest absolute Gasteiger partial charge is 0.741 e. The molecule has 2 fully saturated rings. The number of likely N-dealkylation sites (tertiary alicyclic amines) is 1. The van der Waals surface area contributed by atoms with Crippen LogP contribution >= 0.6 is 10.1 Å². The molecule has 2 aliphatic rings. The number of hydrogen-bond acceptors (Lipinski definition) is 6. The molecular weight excluding hydrogens is 409 g/mol. The van der Waals surface area contributed by atoms with Crippen LogP contribution in [0.4, 0.5) is 0 Å². The smallest absolute Gasteiger partial charge is 0.0831 e. The summed E-state index contributed by atoms with van der Waals surface area (Å²) >= 11 is 8.91. The normalized spacial score (nSPS) is 19.2. The van der Waals surface area contributed by atoms with Gasteiger partial charge in [0.1, 0.15) is 0 Å². The maximum atomic E-state index is 5.36. The third-order valence-electron chi connectivity index (χ3n) is 4.07. The molecule has 0 atom stereocenters. The molecule has 0 aliphatic carbocycles. The van der Waals surface area contributed by atoms with Gasteiger partial charge in [-0.3, -0.25) is 9.88 Å². The summed E-state index contributed by atoms with van der Waals surface area (Å²) in [5.41, 5.74) is 2.00. The summed E-state index contributed by atoms with van der Waals surface area (Å²) in [5, 5.41) is 8.71. The second-order valence-corrected chi connectivity index (χ2v) is 6.17. The average Bonchev–Trinajstić information content (AvgIpc) is 3.20. The van der Waals surface area contributed by atoms with Crippen LogP contribution in [-0.4, -0.2) is 65.6 Å². The summed E-state index contributed by atoms with van der Waals surface area (Å²) < 4.78 is 5.36. The van der Waals surface area contributed by atoms with Crippen LogP contribution in [0.3, 0.4) is 0 Å². The van der Waals surface area contributed by atoms with Crippen molar-refractivity contribution >= 4 is 34.1 Å². The van der Waals surface area contributed by atoms with Gasteiger partial charge in [0.05, 0.1) is 25.1 Å². The first-order chi connectivity index (χ1) is 12.3. The van der Waals surface area contributed by atoms with Gasteiger partial charge in [0.2, 0.25) is 0 Å². The Bertz CT molecular complexity index is 560. The Morgan fingerprint density at radius 2 is 1.96 bits per heavy atom. The Kier molecular flexibility index (Phi) is 9.68. The van der Waals surface area contributed by atoms with Crippen molar-refractivity contribution in [2.45, 2.75) is 19.4 Å². The minimum absolute atomic E-state index is 0.572. The van der Waals surface area contributed by atoms with E-state index >= 15 is 0 Å². The first kappa shape index (κ1) is 20.6. The van der Waals surface area contributed by atoms with Crippen molar-refractivity contribution in [3.05, 3.63) is 29.6 Å². The van der Waals surface area contributed by atoms with E-state index < -0.39 is 0 Å². The molecule has 25 heavy (non-hydrogen) atoms. The van der Waals surface area contributed by atoms with E-state index in [1.165, 1.54) is 18.4 Å². The average molecular weight is 431 g/mol. The molecule has 0 bridgehead atoms. The zero-order valence-electron chi connectivity index (χ0n) is 13.9. The van der Waals surface area contributed by atoms with E-state index in [2.05, 4.69) is 56.3 Å². The standard InChI is InChI=1S/C16H23N5OS.ClH.Cu/c23-16(21-5-1-2-6-21)19-18-12-15-4-3-14(11-17-15)13-20-7-9-22-10-8-20;;/h3-4,11-12H,1-2,5-10,13H2,(H,19,23);1H;/q;;+2/p-2/b18-12+;;. The molecular formula is C16H22ClCuN5OS. The molecule has 0 radical (unpaired) electrons. The predicted octanol–water partition coefficient (Wildman–Crippen LogP) is 1.93. The van der Waals surface area contributed by atoms with Gasteiger partial charge in [0.15, 0.2) is 0 Å². The Balaban J connectivity index is 0.00000109. The first-order valence-electron chi connectivity index (χ1n) is 8.21. The summed E-state index contributed by atoms with van der Waals surface area (Å²) in [5.74, 6) is 0. The monoisotopic (exact) mass is 430 g/mol. The number of halogens is 1. The van der Waals surface area contributed by atoms with Crippen LogP contribution in [0.1, 0.15) is 24.1 Å². The minimum atomic E-state index is 0.572. The molecule has 0 spiro atoms. The van der Waals surface area contributed by atoms with Crippen molar-refractivity contribution in [2.75, 3.05) is 39.4 Å². The van der Waals surface area contributed by atoms with E-state index in [1.807, 2.05) is 12.3 Å². The van der Waals surface area contributed by atoms with Gasteiger partial charge in [-0.2, -0.15) is 10.2 Å². The molecule has 0 unspecified atom stereocenters. The van der Waals surface area contributed by atoms with E-state index in [0.717, 1.165) is 51.6 Å². The quantitative estimate of drug-likeness (QED) is 0.240. The third kappa shape index (κ3) is 7.17. The Hall–Kier alpha value is -0.761. The number of amidine groups is 1. The van der Waals surface area contributed by atoms with Gasteiger partial charge >= 0.3 is 25.2 Å². The summed E-state index contributed by atoms with van der Waals surface area (Å²) in [4.78, 5) is 8.88. The second kappa shape index (κ2) is 11.8. The SMILES string of the molecule is [Cl][Cu+].[S-]/C(=N\N=C\c1ccc(CN2CCOCC2)cn1)N1CCCC1. The molecule has 3 rings (SSSR count). The number of rotatable bonds is 4. The molecule has 0 amide bonds. The van der Waals surface area contributed by atoms with Crippen LogP contribution in [0, 0.1) is 0 Å². The van der Waals surface area contributed by atoms with Crippen molar-refractivity contribution in [3.8, 4) is 0 Å². The van der Waals surface area contributed by atoms with Gasteiger partial charge in [-0.25, -0.2) is 0 Å². The first-order valence-corrected chi connectivity index (χ1v) is 9.91. The van der Waals surface area contributed by atoms with Gasteiger partial charge < -0.3 is 22.3 Å². The molecule has 9 heteroatoms. The van der Waals surface area contributed by atoms with Crippen molar-refractivity contribution in [2.24, 2.45) is 10.2 Å². The fourth-order valence-corrected chi connectivity index (χ4v) is 2.96. The van der Waals surface area contributed by atoms with Crippen molar-refractivity contribution < 1.29 is 19.8 Å². The molecule has 0 N–H and O–H groups in total. The van der Waals surface area contributed by atoms with Gasteiger partial charge in [-0.1, -0.05) is 6.07 Å². The number of morpholine rings is 1. The molecule has 1 aromatic rings. The maximum Gasteiger partial charge on any atom is 0.0831 e. The second-order valence-electron chi connectivity index (χ2n) is 5.80. The summed E-state index contributed by atoms with van der Waals surface area (Å²) in [6.07, 6.45) is 5.92. The van der Waals surface area contributed by atoms with E-state index in [1.54, 1.807) is 6.21 Å². The van der Waals surface area contributed by atoms with Gasteiger partial charge in [-0.15, -0.1) is 0 Å². The third-order valence-corrected chi connectivity index (χ3v) is 4.41.